The highest BCUT2D eigenvalue weighted by atomic mass is 35.5. The first kappa shape index (κ1) is 14.7. The highest BCUT2D eigenvalue weighted by molar-refractivity contribution is 6.36. The summed E-state index contributed by atoms with van der Waals surface area (Å²) in [6.07, 6.45) is 8.01. The molecule has 1 aromatic carbocycles. The first-order valence-electron chi connectivity index (χ1n) is 8.08. The van der Waals surface area contributed by atoms with E-state index in [0.29, 0.717) is 15.6 Å². The lowest BCUT2D eigenvalue weighted by Crippen LogP contribution is -2.30. The summed E-state index contributed by atoms with van der Waals surface area (Å²) in [7, 11) is 0. The molecular formula is C18H14Cl2N2O2. The number of hydrazone groups is 1. The maximum Gasteiger partial charge on any atom is 0.254 e. The molecule has 2 saturated carbocycles. The summed E-state index contributed by atoms with van der Waals surface area (Å²) in [6.45, 7) is 0. The molecular weight excluding hydrogens is 347 g/mol. The molecule has 0 aromatic heterocycles. The number of carbonyl (C=O) groups excluding carboxylic acids is 2. The molecule has 122 valence electrons. The van der Waals surface area contributed by atoms with Gasteiger partial charge in [-0.2, -0.15) is 10.1 Å². The van der Waals surface area contributed by atoms with Gasteiger partial charge in [0.05, 0.1) is 23.1 Å². The van der Waals surface area contributed by atoms with Crippen molar-refractivity contribution in [3.63, 3.8) is 0 Å². The van der Waals surface area contributed by atoms with Gasteiger partial charge in [0.1, 0.15) is 0 Å². The van der Waals surface area contributed by atoms with Crippen molar-refractivity contribution in [2.24, 2.45) is 34.2 Å². The SMILES string of the molecule is O=C1[C@@H]2[C@H](C(=O)N1/N=C\c1ccc(Cl)cc1Cl)[C@H]1C=C[C@@H]2C12CC2. The van der Waals surface area contributed by atoms with Gasteiger partial charge in [-0.25, -0.2) is 0 Å². The Morgan fingerprint density at radius 1 is 1.08 bits per heavy atom. The van der Waals surface area contributed by atoms with Crippen LogP contribution >= 0.6 is 23.2 Å². The summed E-state index contributed by atoms with van der Waals surface area (Å²) in [5.74, 6) is -0.379. The number of carbonyl (C=O) groups is 2. The summed E-state index contributed by atoms with van der Waals surface area (Å²) in [4.78, 5) is 25.5. The van der Waals surface area contributed by atoms with Gasteiger partial charge in [-0.05, 0) is 42.2 Å². The van der Waals surface area contributed by atoms with Crippen molar-refractivity contribution in [2.75, 3.05) is 0 Å². The zero-order valence-electron chi connectivity index (χ0n) is 12.7. The van der Waals surface area contributed by atoms with Crippen LogP contribution in [0.15, 0.2) is 35.5 Å². The number of fused-ring (bicyclic) bond motifs is 3. The molecule has 0 N–H and O–H groups in total. The van der Waals surface area contributed by atoms with E-state index in [9.17, 15) is 9.59 Å². The molecule has 4 atom stereocenters. The summed E-state index contributed by atoms with van der Waals surface area (Å²) >= 11 is 12.0. The quantitative estimate of drug-likeness (QED) is 0.460. The van der Waals surface area contributed by atoms with Crippen LogP contribution in [0, 0.1) is 29.1 Å². The number of hydrogen-bond acceptors (Lipinski definition) is 3. The fourth-order valence-electron chi connectivity index (χ4n) is 4.90. The maximum absolute atomic E-state index is 12.8. The molecule has 0 radical (unpaired) electrons. The van der Waals surface area contributed by atoms with Crippen LogP contribution in [0.2, 0.25) is 10.0 Å². The minimum Gasteiger partial charge on any atom is -0.272 e. The lowest BCUT2D eigenvalue weighted by atomic mass is 9.85. The van der Waals surface area contributed by atoms with Crippen LogP contribution in [0.1, 0.15) is 18.4 Å². The van der Waals surface area contributed by atoms with Gasteiger partial charge in [0.25, 0.3) is 11.8 Å². The van der Waals surface area contributed by atoms with E-state index in [1.165, 1.54) is 6.21 Å². The maximum atomic E-state index is 12.8. The molecule has 0 unspecified atom stereocenters. The number of amides is 2. The van der Waals surface area contributed by atoms with Gasteiger partial charge in [0, 0.05) is 10.6 Å². The highest BCUT2D eigenvalue weighted by Gasteiger charge is 2.73. The van der Waals surface area contributed by atoms with E-state index in [2.05, 4.69) is 17.3 Å². The Labute approximate surface area is 149 Å². The van der Waals surface area contributed by atoms with Crippen molar-refractivity contribution in [1.82, 2.24) is 5.01 Å². The lowest BCUT2D eigenvalue weighted by molar-refractivity contribution is -0.141. The second-order valence-corrected chi connectivity index (χ2v) is 7.96. The Morgan fingerprint density at radius 2 is 1.71 bits per heavy atom. The van der Waals surface area contributed by atoms with E-state index in [4.69, 9.17) is 23.2 Å². The van der Waals surface area contributed by atoms with Crippen LogP contribution < -0.4 is 0 Å². The van der Waals surface area contributed by atoms with Crippen molar-refractivity contribution in [1.29, 1.82) is 0 Å². The molecule has 1 spiro atoms. The first-order valence-corrected chi connectivity index (χ1v) is 8.84. The van der Waals surface area contributed by atoms with Crippen molar-refractivity contribution >= 4 is 41.2 Å². The molecule has 4 aliphatic rings. The van der Waals surface area contributed by atoms with Gasteiger partial charge in [-0.3, -0.25) is 9.59 Å². The number of hydrogen-bond donors (Lipinski definition) is 0. The van der Waals surface area contributed by atoms with Gasteiger partial charge >= 0.3 is 0 Å². The Morgan fingerprint density at radius 3 is 2.25 bits per heavy atom. The molecule has 1 aromatic rings. The van der Waals surface area contributed by atoms with E-state index in [-0.39, 0.29) is 40.9 Å². The second kappa shape index (κ2) is 4.70. The molecule has 6 heteroatoms. The van der Waals surface area contributed by atoms with Crippen molar-refractivity contribution < 1.29 is 9.59 Å². The zero-order chi connectivity index (χ0) is 16.6. The minimum absolute atomic E-state index is 0.172. The molecule has 2 amide bonds. The number of imide groups is 1. The van der Waals surface area contributed by atoms with E-state index < -0.39 is 0 Å². The van der Waals surface area contributed by atoms with Gasteiger partial charge in [0.2, 0.25) is 0 Å². The van der Waals surface area contributed by atoms with E-state index in [1.807, 2.05) is 0 Å². The third-order valence-electron chi connectivity index (χ3n) is 6.10. The Kier molecular flexibility index (Phi) is 2.88. The molecule has 1 heterocycles. The van der Waals surface area contributed by atoms with Gasteiger partial charge in [-0.1, -0.05) is 41.4 Å². The largest absolute Gasteiger partial charge is 0.272 e. The van der Waals surface area contributed by atoms with Crippen LogP contribution in [-0.2, 0) is 9.59 Å². The van der Waals surface area contributed by atoms with Crippen molar-refractivity contribution in [3.8, 4) is 0 Å². The summed E-state index contributed by atoms with van der Waals surface area (Å²) in [5, 5.41) is 6.15. The standard InChI is InChI=1S/C18H14Cl2N2O2/c19-10-2-1-9(13(20)7-10)8-21-22-16(23)14-11-3-4-12(15(14)17(22)24)18(11)5-6-18/h1-4,7-8,11-12,14-15H,5-6H2/b21-8-/t11-,12+,14-,15+. The second-order valence-electron chi connectivity index (χ2n) is 7.12. The number of rotatable bonds is 2. The van der Waals surface area contributed by atoms with Crippen LogP contribution in [0.3, 0.4) is 0 Å². The molecule has 1 saturated heterocycles. The van der Waals surface area contributed by atoms with Crippen LogP contribution in [0.4, 0.5) is 0 Å². The fourth-order valence-corrected chi connectivity index (χ4v) is 5.36. The normalized spacial score (nSPS) is 34.8. The average Bonchev–Trinajstić information content (AvgIpc) is 3.15. The van der Waals surface area contributed by atoms with Crippen LogP contribution in [0.5, 0.6) is 0 Å². The lowest BCUT2D eigenvalue weighted by Gasteiger charge is -2.18. The summed E-state index contributed by atoms with van der Waals surface area (Å²) in [6, 6.07) is 5.01. The third-order valence-corrected chi connectivity index (χ3v) is 6.67. The number of nitrogens with zero attached hydrogens (tertiary/aromatic N) is 2. The molecule has 4 nitrogen and oxygen atoms in total. The Bertz CT molecular complexity index is 809. The fraction of sp³-hybridized carbons (Fsp3) is 0.389. The van der Waals surface area contributed by atoms with Crippen molar-refractivity contribution in [2.45, 2.75) is 12.8 Å². The van der Waals surface area contributed by atoms with E-state index >= 15 is 0 Å². The Hall–Kier alpha value is -1.65. The smallest absolute Gasteiger partial charge is 0.254 e. The third kappa shape index (κ3) is 1.73. The highest BCUT2D eigenvalue weighted by Crippen LogP contribution is 2.73. The molecule has 5 rings (SSSR count). The summed E-state index contributed by atoms with van der Waals surface area (Å²) < 4.78 is 0. The predicted molar refractivity (Wildman–Crippen MR) is 90.7 cm³/mol. The zero-order valence-corrected chi connectivity index (χ0v) is 14.2. The molecule has 3 fully saturated rings. The minimum atomic E-state index is -0.229. The number of allylic oxidation sites excluding steroid dienone is 2. The monoisotopic (exact) mass is 360 g/mol. The summed E-state index contributed by atoms with van der Waals surface area (Å²) in [5.41, 5.74) is 0.828. The average molecular weight is 361 g/mol. The number of halogens is 2. The molecule has 24 heavy (non-hydrogen) atoms. The first-order chi connectivity index (χ1) is 11.5. The predicted octanol–water partition coefficient (Wildman–Crippen LogP) is 3.52. The number of benzene rings is 1. The Balaban J connectivity index is 1.44. The topological polar surface area (TPSA) is 49.7 Å². The molecule has 3 aliphatic carbocycles. The van der Waals surface area contributed by atoms with Gasteiger partial charge in [-0.15, -0.1) is 0 Å². The molecule has 2 bridgehead atoms. The van der Waals surface area contributed by atoms with Crippen molar-refractivity contribution in [3.05, 3.63) is 46.0 Å². The molecule has 1 aliphatic heterocycles. The van der Waals surface area contributed by atoms with E-state index in [0.717, 1.165) is 17.9 Å². The van der Waals surface area contributed by atoms with E-state index in [1.54, 1.807) is 18.2 Å². The van der Waals surface area contributed by atoms with Gasteiger partial charge in [0.15, 0.2) is 0 Å². The van der Waals surface area contributed by atoms with Crippen LogP contribution in [0.25, 0.3) is 0 Å². The van der Waals surface area contributed by atoms with Gasteiger partial charge < -0.3 is 0 Å². The van der Waals surface area contributed by atoms with Crippen LogP contribution in [-0.4, -0.2) is 23.0 Å².